The number of ketones is 1. The molecule has 0 fully saturated rings. The molecule has 114 valence electrons. The van der Waals surface area contributed by atoms with Crippen molar-refractivity contribution in [3.05, 3.63) is 65.2 Å². The Balaban J connectivity index is 2.10. The van der Waals surface area contributed by atoms with Crippen molar-refractivity contribution in [1.29, 1.82) is 0 Å². The van der Waals surface area contributed by atoms with E-state index in [-0.39, 0.29) is 5.56 Å². The molecule has 0 unspecified atom stereocenters. The molecule has 0 aliphatic heterocycles. The second kappa shape index (κ2) is 6.47. The van der Waals surface area contributed by atoms with Gasteiger partial charge < -0.3 is 4.74 Å². The van der Waals surface area contributed by atoms with E-state index in [4.69, 9.17) is 4.74 Å². The molecule has 2 aromatic rings. The molecule has 0 aromatic heterocycles. The van der Waals surface area contributed by atoms with Crippen LogP contribution in [0, 0.1) is 0 Å². The van der Waals surface area contributed by atoms with Crippen molar-refractivity contribution in [2.45, 2.75) is 6.18 Å². The SMILES string of the molecule is COc1ccc(C=Cc2ccc(C(=O)C(F)(F)F)cc2)cc1. The fourth-order valence-electron chi connectivity index (χ4n) is 1.82. The molecule has 0 spiro atoms. The monoisotopic (exact) mass is 306 g/mol. The largest absolute Gasteiger partial charge is 0.497 e. The number of benzene rings is 2. The number of hydrogen-bond acceptors (Lipinski definition) is 2. The molecular formula is C17H13F3O2. The third-order valence-electron chi connectivity index (χ3n) is 3.01. The summed E-state index contributed by atoms with van der Waals surface area (Å²) in [5.41, 5.74) is 1.26. The molecule has 0 radical (unpaired) electrons. The minimum absolute atomic E-state index is 0.367. The molecule has 0 amide bonds. The van der Waals surface area contributed by atoms with Gasteiger partial charge in [0, 0.05) is 5.56 Å². The van der Waals surface area contributed by atoms with Gasteiger partial charge in [-0.2, -0.15) is 13.2 Å². The van der Waals surface area contributed by atoms with Gasteiger partial charge in [-0.25, -0.2) is 0 Å². The third-order valence-corrected chi connectivity index (χ3v) is 3.01. The summed E-state index contributed by atoms with van der Waals surface area (Å²) in [4.78, 5) is 11.1. The maximum atomic E-state index is 12.3. The van der Waals surface area contributed by atoms with Gasteiger partial charge in [-0.3, -0.25) is 4.79 Å². The maximum Gasteiger partial charge on any atom is 0.454 e. The summed E-state index contributed by atoms with van der Waals surface area (Å²) in [6, 6.07) is 12.6. The lowest BCUT2D eigenvalue weighted by atomic mass is 10.1. The maximum absolute atomic E-state index is 12.3. The van der Waals surface area contributed by atoms with Crippen LogP contribution >= 0.6 is 0 Å². The van der Waals surface area contributed by atoms with Gasteiger partial charge in [0.15, 0.2) is 0 Å². The van der Waals surface area contributed by atoms with Crippen molar-refractivity contribution >= 4 is 17.9 Å². The van der Waals surface area contributed by atoms with Crippen LogP contribution in [0.5, 0.6) is 5.75 Å². The van der Waals surface area contributed by atoms with Crippen molar-refractivity contribution in [2.24, 2.45) is 0 Å². The third kappa shape index (κ3) is 3.97. The molecule has 0 aliphatic carbocycles. The van der Waals surface area contributed by atoms with Gasteiger partial charge in [0.1, 0.15) is 5.75 Å². The first kappa shape index (κ1) is 15.8. The molecule has 0 bridgehead atoms. The fourth-order valence-corrected chi connectivity index (χ4v) is 1.82. The highest BCUT2D eigenvalue weighted by molar-refractivity contribution is 6.00. The van der Waals surface area contributed by atoms with Crippen LogP contribution in [0.1, 0.15) is 21.5 Å². The van der Waals surface area contributed by atoms with Gasteiger partial charge in [-0.15, -0.1) is 0 Å². The zero-order valence-corrected chi connectivity index (χ0v) is 11.7. The molecule has 0 heterocycles. The van der Waals surface area contributed by atoms with E-state index in [0.717, 1.165) is 11.3 Å². The van der Waals surface area contributed by atoms with Gasteiger partial charge in [-0.05, 0) is 23.3 Å². The van der Waals surface area contributed by atoms with E-state index in [1.54, 1.807) is 13.2 Å². The molecule has 0 saturated carbocycles. The number of alkyl halides is 3. The Hall–Kier alpha value is -2.56. The van der Waals surface area contributed by atoms with Crippen LogP contribution in [-0.4, -0.2) is 19.1 Å². The summed E-state index contributed by atoms with van der Waals surface area (Å²) >= 11 is 0. The van der Waals surface area contributed by atoms with E-state index in [2.05, 4.69) is 0 Å². The Kier molecular flexibility index (Phi) is 4.65. The first-order valence-electron chi connectivity index (χ1n) is 6.44. The van der Waals surface area contributed by atoms with Crippen LogP contribution in [0.2, 0.25) is 0 Å². The Morgan fingerprint density at radius 3 is 1.77 bits per heavy atom. The molecule has 5 heteroatoms. The molecule has 0 aliphatic rings. The van der Waals surface area contributed by atoms with Crippen molar-refractivity contribution < 1.29 is 22.7 Å². The number of methoxy groups -OCH3 is 1. The van der Waals surface area contributed by atoms with E-state index in [0.29, 0.717) is 5.56 Å². The van der Waals surface area contributed by atoms with Crippen LogP contribution in [0.15, 0.2) is 48.5 Å². The number of carbonyl (C=O) groups excluding carboxylic acids is 1. The van der Waals surface area contributed by atoms with E-state index in [1.165, 1.54) is 24.3 Å². The molecule has 0 saturated heterocycles. The molecule has 0 atom stereocenters. The topological polar surface area (TPSA) is 26.3 Å². The summed E-state index contributed by atoms with van der Waals surface area (Å²) in [6.07, 6.45) is -1.27. The zero-order valence-electron chi connectivity index (χ0n) is 11.7. The summed E-state index contributed by atoms with van der Waals surface area (Å²) in [7, 11) is 1.58. The van der Waals surface area contributed by atoms with Crippen molar-refractivity contribution in [2.75, 3.05) is 7.11 Å². The minimum Gasteiger partial charge on any atom is -0.497 e. The zero-order chi connectivity index (χ0) is 16.2. The number of ether oxygens (including phenoxy) is 1. The van der Waals surface area contributed by atoms with Gasteiger partial charge in [0.2, 0.25) is 0 Å². The highest BCUT2D eigenvalue weighted by Gasteiger charge is 2.38. The minimum atomic E-state index is -4.85. The Morgan fingerprint density at radius 2 is 1.36 bits per heavy atom. The van der Waals surface area contributed by atoms with Crippen molar-refractivity contribution in [3.63, 3.8) is 0 Å². The standard InChI is InChI=1S/C17H13F3O2/c1-22-15-10-6-13(7-11-15)3-2-12-4-8-14(9-5-12)16(21)17(18,19)20/h2-11H,1H3. The molecule has 0 N–H and O–H groups in total. The fraction of sp³-hybridized carbons (Fsp3) is 0.118. The van der Waals surface area contributed by atoms with Gasteiger partial charge in [0.25, 0.3) is 5.78 Å². The normalized spacial score (nSPS) is 11.6. The summed E-state index contributed by atoms with van der Waals surface area (Å²) in [5.74, 6) is -1.09. The molecule has 2 nitrogen and oxygen atoms in total. The van der Waals surface area contributed by atoms with Crippen molar-refractivity contribution in [1.82, 2.24) is 0 Å². The van der Waals surface area contributed by atoms with Gasteiger partial charge >= 0.3 is 6.18 Å². The van der Waals surface area contributed by atoms with E-state index >= 15 is 0 Å². The first-order valence-corrected chi connectivity index (χ1v) is 6.44. The molecule has 22 heavy (non-hydrogen) atoms. The van der Waals surface area contributed by atoms with Crippen LogP contribution in [0.3, 0.4) is 0 Å². The Bertz CT molecular complexity index is 669. The average Bonchev–Trinajstić information content (AvgIpc) is 2.52. The number of Topliss-reactive ketones (excluding diaryl/α,β-unsaturated/α-hetero) is 1. The van der Waals surface area contributed by atoms with E-state index in [9.17, 15) is 18.0 Å². The number of hydrogen-bond donors (Lipinski definition) is 0. The van der Waals surface area contributed by atoms with E-state index < -0.39 is 12.0 Å². The van der Waals surface area contributed by atoms with E-state index in [1.807, 2.05) is 30.3 Å². The highest BCUT2D eigenvalue weighted by Crippen LogP contribution is 2.22. The van der Waals surface area contributed by atoms with Gasteiger partial charge in [-0.1, -0.05) is 48.6 Å². The number of halogens is 3. The van der Waals surface area contributed by atoms with Gasteiger partial charge in [0.05, 0.1) is 7.11 Å². The predicted octanol–water partition coefficient (Wildman–Crippen LogP) is 4.61. The quantitative estimate of drug-likeness (QED) is 0.609. The summed E-state index contributed by atoms with van der Waals surface area (Å²) in [5, 5.41) is 0. The second-order valence-electron chi connectivity index (χ2n) is 4.56. The lowest BCUT2D eigenvalue weighted by Crippen LogP contribution is -2.22. The smallest absolute Gasteiger partial charge is 0.454 e. The number of rotatable bonds is 4. The molecular weight excluding hydrogens is 293 g/mol. The van der Waals surface area contributed by atoms with Crippen LogP contribution in [0.25, 0.3) is 12.2 Å². The van der Waals surface area contributed by atoms with Crippen LogP contribution in [-0.2, 0) is 0 Å². The Morgan fingerprint density at radius 1 is 0.909 bits per heavy atom. The van der Waals surface area contributed by atoms with Crippen LogP contribution in [0.4, 0.5) is 13.2 Å². The Labute approximate surface area is 125 Å². The highest BCUT2D eigenvalue weighted by atomic mass is 19.4. The predicted molar refractivity (Wildman–Crippen MR) is 78.7 cm³/mol. The summed E-state index contributed by atoms with van der Waals surface area (Å²) in [6.45, 7) is 0. The lowest BCUT2D eigenvalue weighted by molar-refractivity contribution is -0.0885. The first-order chi connectivity index (χ1) is 10.4. The molecule has 2 aromatic carbocycles. The average molecular weight is 306 g/mol. The van der Waals surface area contributed by atoms with Crippen molar-refractivity contribution in [3.8, 4) is 5.75 Å². The molecule has 2 rings (SSSR count). The number of carbonyl (C=O) groups is 1. The lowest BCUT2D eigenvalue weighted by Gasteiger charge is -2.05. The summed E-state index contributed by atoms with van der Waals surface area (Å²) < 4.78 is 41.9. The van der Waals surface area contributed by atoms with Crippen LogP contribution < -0.4 is 4.74 Å². The second-order valence-corrected chi connectivity index (χ2v) is 4.56.